The third kappa shape index (κ3) is 4.69. The molecule has 0 bridgehead atoms. The summed E-state index contributed by atoms with van der Waals surface area (Å²) in [6.07, 6.45) is 0. The minimum absolute atomic E-state index is 0.0227. The molecule has 142 valence electrons. The molecule has 27 heavy (non-hydrogen) atoms. The van der Waals surface area contributed by atoms with E-state index < -0.39 is 5.97 Å². The molecule has 0 aliphatic carbocycles. The van der Waals surface area contributed by atoms with Crippen LogP contribution in [0.5, 0.6) is 11.5 Å². The van der Waals surface area contributed by atoms with Crippen LogP contribution >= 0.6 is 0 Å². The maximum atomic E-state index is 12.3. The third-order valence-electron chi connectivity index (χ3n) is 4.48. The van der Waals surface area contributed by atoms with Crippen molar-refractivity contribution in [2.24, 2.45) is 0 Å². The van der Waals surface area contributed by atoms with Gasteiger partial charge >= 0.3 is 5.97 Å². The summed E-state index contributed by atoms with van der Waals surface area (Å²) in [5.74, 6) is -0.0689. The second-order valence-corrected chi connectivity index (χ2v) is 6.19. The molecule has 0 aromatic heterocycles. The predicted octanol–water partition coefficient (Wildman–Crippen LogP) is 1.91. The number of phenolic OH excluding ortho intramolecular Hbond substituents is 1. The van der Waals surface area contributed by atoms with Gasteiger partial charge in [0, 0.05) is 31.9 Å². The average Bonchev–Trinajstić information content (AvgIpc) is 2.72. The molecular weight excluding hydrogens is 348 g/mol. The summed E-state index contributed by atoms with van der Waals surface area (Å²) in [6.45, 7) is 2.23. The van der Waals surface area contributed by atoms with Gasteiger partial charge < -0.3 is 24.4 Å². The van der Waals surface area contributed by atoms with Crippen molar-refractivity contribution in [2.75, 3.05) is 44.8 Å². The van der Waals surface area contributed by atoms with Crippen molar-refractivity contribution in [2.45, 2.75) is 0 Å². The van der Waals surface area contributed by atoms with Crippen LogP contribution in [0, 0.1) is 0 Å². The number of amides is 1. The first kappa shape index (κ1) is 18.6. The topological polar surface area (TPSA) is 79.3 Å². The molecule has 0 spiro atoms. The molecule has 1 N–H and O–H groups in total. The Kier molecular flexibility index (Phi) is 5.80. The number of benzene rings is 2. The second kappa shape index (κ2) is 8.44. The van der Waals surface area contributed by atoms with Gasteiger partial charge in [-0.1, -0.05) is 6.07 Å². The lowest BCUT2D eigenvalue weighted by molar-refractivity contribution is -0.134. The van der Waals surface area contributed by atoms with Gasteiger partial charge in [-0.2, -0.15) is 0 Å². The summed E-state index contributed by atoms with van der Waals surface area (Å²) >= 11 is 0. The first-order valence-electron chi connectivity index (χ1n) is 8.70. The van der Waals surface area contributed by atoms with E-state index >= 15 is 0 Å². The van der Waals surface area contributed by atoms with Crippen LogP contribution in [-0.4, -0.2) is 61.8 Å². The van der Waals surface area contributed by atoms with E-state index in [1.165, 1.54) is 18.2 Å². The van der Waals surface area contributed by atoms with Crippen LogP contribution in [0.25, 0.3) is 0 Å². The van der Waals surface area contributed by atoms with Crippen LogP contribution < -0.4 is 9.64 Å². The van der Waals surface area contributed by atoms with Gasteiger partial charge in [0.1, 0.15) is 11.5 Å². The van der Waals surface area contributed by atoms with Gasteiger partial charge in [0.05, 0.1) is 12.7 Å². The van der Waals surface area contributed by atoms with Crippen LogP contribution in [0.15, 0.2) is 48.5 Å². The molecule has 7 nitrogen and oxygen atoms in total. The molecule has 3 rings (SSSR count). The fourth-order valence-electron chi connectivity index (χ4n) is 2.94. The molecule has 0 unspecified atom stereocenters. The molecule has 0 saturated carbocycles. The Morgan fingerprint density at radius 3 is 2.37 bits per heavy atom. The van der Waals surface area contributed by atoms with E-state index in [9.17, 15) is 14.7 Å². The SMILES string of the molecule is COc1ccc(N2CCN(C(=O)COC(=O)c3cccc(O)c3)CC2)cc1. The van der Waals surface area contributed by atoms with Gasteiger partial charge in [-0.25, -0.2) is 4.79 Å². The number of methoxy groups -OCH3 is 1. The summed E-state index contributed by atoms with van der Waals surface area (Å²) < 4.78 is 10.2. The van der Waals surface area contributed by atoms with E-state index in [1.807, 2.05) is 24.3 Å². The lowest BCUT2D eigenvalue weighted by Crippen LogP contribution is -2.49. The number of aromatic hydroxyl groups is 1. The zero-order valence-corrected chi connectivity index (χ0v) is 15.1. The minimum Gasteiger partial charge on any atom is -0.508 e. The van der Waals surface area contributed by atoms with Crippen molar-refractivity contribution in [1.29, 1.82) is 0 Å². The first-order valence-corrected chi connectivity index (χ1v) is 8.70. The summed E-state index contributed by atoms with van der Waals surface area (Å²) in [6, 6.07) is 13.7. The number of phenols is 1. The van der Waals surface area contributed by atoms with Crippen molar-refractivity contribution in [3.63, 3.8) is 0 Å². The van der Waals surface area contributed by atoms with Gasteiger partial charge in [-0.05, 0) is 42.5 Å². The summed E-state index contributed by atoms with van der Waals surface area (Å²) in [7, 11) is 1.63. The first-order chi connectivity index (χ1) is 13.1. The Morgan fingerprint density at radius 1 is 1.04 bits per heavy atom. The van der Waals surface area contributed by atoms with E-state index in [1.54, 1.807) is 18.1 Å². The fraction of sp³-hybridized carbons (Fsp3) is 0.300. The second-order valence-electron chi connectivity index (χ2n) is 6.19. The van der Waals surface area contributed by atoms with Crippen LogP contribution in [0.1, 0.15) is 10.4 Å². The van der Waals surface area contributed by atoms with Crippen LogP contribution in [0.4, 0.5) is 5.69 Å². The van der Waals surface area contributed by atoms with Crippen molar-refractivity contribution in [1.82, 2.24) is 4.90 Å². The largest absolute Gasteiger partial charge is 0.508 e. The molecule has 0 atom stereocenters. The number of carbonyl (C=O) groups excluding carboxylic acids is 2. The molecule has 2 aromatic rings. The Bertz CT molecular complexity index is 798. The fourth-order valence-corrected chi connectivity index (χ4v) is 2.94. The molecule has 1 aliphatic heterocycles. The zero-order valence-electron chi connectivity index (χ0n) is 15.1. The number of nitrogens with zero attached hydrogens (tertiary/aromatic N) is 2. The lowest BCUT2D eigenvalue weighted by atomic mass is 10.2. The molecule has 1 amide bonds. The Balaban J connectivity index is 1.47. The van der Waals surface area contributed by atoms with E-state index in [2.05, 4.69) is 4.90 Å². The van der Waals surface area contributed by atoms with E-state index in [4.69, 9.17) is 9.47 Å². The predicted molar refractivity (Wildman–Crippen MR) is 100 cm³/mol. The minimum atomic E-state index is -0.629. The highest BCUT2D eigenvalue weighted by atomic mass is 16.5. The van der Waals surface area contributed by atoms with Crippen molar-refractivity contribution in [3.05, 3.63) is 54.1 Å². The quantitative estimate of drug-likeness (QED) is 0.810. The maximum Gasteiger partial charge on any atom is 0.338 e. The molecule has 7 heteroatoms. The molecular formula is C20H22N2O5. The monoisotopic (exact) mass is 370 g/mol. The molecule has 1 aliphatic rings. The van der Waals surface area contributed by atoms with Crippen molar-refractivity contribution in [3.8, 4) is 11.5 Å². The van der Waals surface area contributed by atoms with Crippen LogP contribution in [0.2, 0.25) is 0 Å². The maximum absolute atomic E-state index is 12.3. The van der Waals surface area contributed by atoms with Gasteiger partial charge in [0.15, 0.2) is 6.61 Å². The van der Waals surface area contributed by atoms with Gasteiger partial charge in [0.2, 0.25) is 0 Å². The van der Waals surface area contributed by atoms with Crippen molar-refractivity contribution < 1.29 is 24.2 Å². The molecule has 2 aromatic carbocycles. The average molecular weight is 370 g/mol. The summed E-state index contributed by atoms with van der Waals surface area (Å²) in [5.41, 5.74) is 1.30. The molecule has 1 heterocycles. The third-order valence-corrected chi connectivity index (χ3v) is 4.48. The highest BCUT2D eigenvalue weighted by Gasteiger charge is 2.22. The Labute approximate surface area is 157 Å². The van der Waals surface area contributed by atoms with E-state index in [-0.39, 0.29) is 23.8 Å². The number of hydrogen-bond acceptors (Lipinski definition) is 6. The lowest BCUT2D eigenvalue weighted by Gasteiger charge is -2.36. The number of esters is 1. The van der Waals surface area contributed by atoms with Crippen LogP contribution in [0.3, 0.4) is 0 Å². The highest BCUT2D eigenvalue weighted by molar-refractivity contribution is 5.91. The Morgan fingerprint density at radius 2 is 1.74 bits per heavy atom. The number of carbonyl (C=O) groups is 2. The normalized spacial score (nSPS) is 14.0. The van der Waals surface area contributed by atoms with Crippen molar-refractivity contribution >= 4 is 17.6 Å². The zero-order chi connectivity index (χ0) is 19.2. The number of rotatable bonds is 5. The number of piperazine rings is 1. The molecule has 0 radical (unpaired) electrons. The number of ether oxygens (including phenoxy) is 2. The standard InChI is InChI=1S/C20H22N2O5/c1-26-18-7-5-16(6-8-18)21-9-11-22(12-10-21)19(24)14-27-20(25)15-3-2-4-17(23)13-15/h2-8,13,23H,9-12,14H2,1H3. The molecule has 1 fully saturated rings. The van der Waals surface area contributed by atoms with Crippen LogP contribution in [-0.2, 0) is 9.53 Å². The number of anilines is 1. The number of hydrogen-bond donors (Lipinski definition) is 1. The summed E-state index contributed by atoms with van der Waals surface area (Å²) in [5, 5.41) is 9.40. The van der Waals surface area contributed by atoms with Gasteiger partial charge in [-0.15, -0.1) is 0 Å². The smallest absolute Gasteiger partial charge is 0.338 e. The summed E-state index contributed by atoms with van der Waals surface area (Å²) in [4.78, 5) is 28.1. The molecule has 1 saturated heterocycles. The van der Waals surface area contributed by atoms with E-state index in [0.29, 0.717) is 26.2 Å². The van der Waals surface area contributed by atoms with Gasteiger partial charge in [-0.3, -0.25) is 4.79 Å². The van der Waals surface area contributed by atoms with Gasteiger partial charge in [0.25, 0.3) is 5.91 Å². The van der Waals surface area contributed by atoms with E-state index in [0.717, 1.165) is 11.4 Å². The Hall–Kier alpha value is -3.22. The highest BCUT2D eigenvalue weighted by Crippen LogP contribution is 2.20.